The molecule has 2 heterocycles. The Morgan fingerprint density at radius 1 is 1.17 bits per heavy atom. The standard InChI is InChI=1S/C17H17N3O2S/c1-11-12(2)20-22-17(11)19-14-7-5-13(6-8-14)18-16(21)10-15-4-3-9-23-15/h3-9,19H,10H2,1-2H3,(H,18,21). The number of carbonyl (C=O) groups excluding carboxylic acids is 1. The van der Waals surface area contributed by atoms with Gasteiger partial charge in [0.1, 0.15) is 0 Å². The Balaban J connectivity index is 1.60. The van der Waals surface area contributed by atoms with E-state index in [4.69, 9.17) is 4.52 Å². The Bertz CT molecular complexity index is 792. The van der Waals surface area contributed by atoms with E-state index in [9.17, 15) is 4.79 Å². The Labute approximate surface area is 138 Å². The third-order valence-corrected chi connectivity index (χ3v) is 4.37. The molecule has 0 bridgehead atoms. The molecule has 3 rings (SSSR count). The number of amides is 1. The minimum atomic E-state index is -0.0186. The summed E-state index contributed by atoms with van der Waals surface area (Å²) in [6.07, 6.45) is 0.397. The van der Waals surface area contributed by atoms with Crippen molar-refractivity contribution in [1.29, 1.82) is 0 Å². The molecule has 0 saturated heterocycles. The summed E-state index contributed by atoms with van der Waals surface area (Å²) in [5.41, 5.74) is 3.49. The van der Waals surface area contributed by atoms with Crippen LogP contribution >= 0.6 is 11.3 Å². The SMILES string of the molecule is Cc1noc(Nc2ccc(NC(=O)Cc3cccs3)cc2)c1C. The summed E-state index contributed by atoms with van der Waals surface area (Å²) in [6.45, 7) is 3.85. The number of nitrogens with one attached hydrogen (secondary N) is 2. The van der Waals surface area contributed by atoms with Crippen LogP contribution in [0, 0.1) is 13.8 Å². The van der Waals surface area contributed by atoms with Crippen molar-refractivity contribution in [2.24, 2.45) is 0 Å². The molecule has 1 amide bonds. The van der Waals surface area contributed by atoms with Gasteiger partial charge in [-0.2, -0.15) is 0 Å². The highest BCUT2D eigenvalue weighted by Gasteiger charge is 2.09. The van der Waals surface area contributed by atoms with Crippen LogP contribution < -0.4 is 10.6 Å². The van der Waals surface area contributed by atoms with Gasteiger partial charge in [0.2, 0.25) is 11.8 Å². The molecule has 0 radical (unpaired) electrons. The van der Waals surface area contributed by atoms with E-state index in [1.165, 1.54) is 0 Å². The number of carbonyl (C=O) groups is 1. The monoisotopic (exact) mass is 327 g/mol. The van der Waals surface area contributed by atoms with Gasteiger partial charge in [-0.05, 0) is 49.6 Å². The molecular weight excluding hydrogens is 310 g/mol. The highest BCUT2D eigenvalue weighted by Crippen LogP contribution is 2.23. The van der Waals surface area contributed by atoms with Gasteiger partial charge in [-0.3, -0.25) is 4.79 Å². The van der Waals surface area contributed by atoms with Gasteiger partial charge in [0.05, 0.1) is 12.1 Å². The molecule has 3 aromatic rings. The second kappa shape index (κ2) is 6.66. The molecule has 2 N–H and O–H groups in total. The van der Waals surface area contributed by atoms with Gasteiger partial charge in [-0.15, -0.1) is 11.3 Å². The lowest BCUT2D eigenvalue weighted by atomic mass is 10.2. The van der Waals surface area contributed by atoms with Crippen LogP contribution in [0.25, 0.3) is 0 Å². The molecule has 0 aliphatic carbocycles. The minimum absolute atomic E-state index is 0.0186. The normalized spacial score (nSPS) is 10.5. The lowest BCUT2D eigenvalue weighted by Gasteiger charge is -2.07. The molecule has 0 spiro atoms. The van der Waals surface area contributed by atoms with Gasteiger partial charge in [-0.1, -0.05) is 11.2 Å². The van der Waals surface area contributed by atoms with Gasteiger partial charge >= 0.3 is 0 Å². The number of benzene rings is 1. The molecule has 6 heteroatoms. The maximum absolute atomic E-state index is 12.0. The fourth-order valence-electron chi connectivity index (χ4n) is 2.08. The van der Waals surface area contributed by atoms with Crippen molar-refractivity contribution in [1.82, 2.24) is 5.16 Å². The second-order valence-corrected chi connectivity index (χ2v) is 6.26. The van der Waals surface area contributed by atoms with Crippen LogP contribution in [0.15, 0.2) is 46.3 Å². The molecule has 1 aromatic carbocycles. The molecule has 0 aliphatic rings. The maximum atomic E-state index is 12.0. The molecule has 0 aliphatic heterocycles. The van der Waals surface area contributed by atoms with Crippen LogP contribution in [0.5, 0.6) is 0 Å². The largest absolute Gasteiger partial charge is 0.338 e. The number of aromatic nitrogens is 1. The van der Waals surface area contributed by atoms with Gasteiger partial charge in [-0.25, -0.2) is 0 Å². The molecular formula is C17H17N3O2S. The quantitative estimate of drug-likeness (QED) is 0.734. The number of rotatable bonds is 5. The van der Waals surface area contributed by atoms with Crippen LogP contribution in [-0.4, -0.2) is 11.1 Å². The predicted molar refractivity (Wildman–Crippen MR) is 92.4 cm³/mol. The molecule has 118 valence electrons. The van der Waals surface area contributed by atoms with Crippen molar-refractivity contribution in [3.05, 3.63) is 57.9 Å². The fraction of sp³-hybridized carbons (Fsp3) is 0.176. The van der Waals surface area contributed by atoms with Crippen molar-refractivity contribution in [3.8, 4) is 0 Å². The number of hydrogen-bond acceptors (Lipinski definition) is 5. The average molecular weight is 327 g/mol. The number of nitrogens with zero attached hydrogens (tertiary/aromatic N) is 1. The van der Waals surface area contributed by atoms with Crippen LogP contribution in [0.2, 0.25) is 0 Å². The van der Waals surface area contributed by atoms with Crippen LogP contribution in [0.4, 0.5) is 17.3 Å². The molecule has 0 atom stereocenters. The maximum Gasteiger partial charge on any atom is 0.232 e. The van der Waals surface area contributed by atoms with Crippen molar-refractivity contribution in [2.45, 2.75) is 20.3 Å². The summed E-state index contributed by atoms with van der Waals surface area (Å²) in [4.78, 5) is 13.0. The van der Waals surface area contributed by atoms with E-state index in [-0.39, 0.29) is 5.91 Å². The topological polar surface area (TPSA) is 67.2 Å². The lowest BCUT2D eigenvalue weighted by Crippen LogP contribution is -2.13. The van der Waals surface area contributed by atoms with E-state index in [1.807, 2.05) is 55.6 Å². The summed E-state index contributed by atoms with van der Waals surface area (Å²) in [7, 11) is 0. The summed E-state index contributed by atoms with van der Waals surface area (Å²) in [5, 5.41) is 11.9. The summed E-state index contributed by atoms with van der Waals surface area (Å²) >= 11 is 1.58. The first-order valence-electron chi connectivity index (χ1n) is 7.24. The van der Waals surface area contributed by atoms with Crippen molar-refractivity contribution < 1.29 is 9.32 Å². The average Bonchev–Trinajstić information content (AvgIpc) is 3.14. The van der Waals surface area contributed by atoms with Crippen molar-refractivity contribution in [2.75, 3.05) is 10.6 Å². The van der Waals surface area contributed by atoms with E-state index >= 15 is 0 Å². The highest BCUT2D eigenvalue weighted by atomic mass is 32.1. The Hall–Kier alpha value is -2.60. The van der Waals surface area contributed by atoms with Gasteiger partial charge in [0, 0.05) is 21.8 Å². The number of thiophene rings is 1. The fourth-order valence-corrected chi connectivity index (χ4v) is 2.78. The Morgan fingerprint density at radius 3 is 2.52 bits per heavy atom. The van der Waals surface area contributed by atoms with Crippen LogP contribution in [0.1, 0.15) is 16.1 Å². The Kier molecular flexibility index (Phi) is 4.43. The molecule has 0 fully saturated rings. The van der Waals surface area contributed by atoms with E-state index in [1.54, 1.807) is 11.3 Å². The highest BCUT2D eigenvalue weighted by molar-refractivity contribution is 7.10. The second-order valence-electron chi connectivity index (χ2n) is 5.23. The first kappa shape index (κ1) is 15.3. The Morgan fingerprint density at radius 2 is 1.91 bits per heavy atom. The third kappa shape index (κ3) is 3.78. The van der Waals surface area contributed by atoms with E-state index in [0.717, 1.165) is 27.5 Å². The number of anilines is 3. The van der Waals surface area contributed by atoms with E-state index < -0.39 is 0 Å². The zero-order valence-corrected chi connectivity index (χ0v) is 13.7. The number of aryl methyl sites for hydroxylation is 1. The molecule has 23 heavy (non-hydrogen) atoms. The first-order chi connectivity index (χ1) is 11.1. The van der Waals surface area contributed by atoms with Gasteiger partial charge < -0.3 is 15.2 Å². The summed E-state index contributed by atoms with van der Waals surface area (Å²) in [6, 6.07) is 11.4. The molecule has 0 saturated carbocycles. The first-order valence-corrected chi connectivity index (χ1v) is 8.12. The third-order valence-electron chi connectivity index (χ3n) is 3.50. The zero-order chi connectivity index (χ0) is 16.2. The van der Waals surface area contributed by atoms with Gasteiger partial charge in [0.15, 0.2) is 0 Å². The smallest absolute Gasteiger partial charge is 0.232 e. The molecule has 0 unspecified atom stereocenters. The molecule has 2 aromatic heterocycles. The minimum Gasteiger partial charge on any atom is -0.338 e. The summed E-state index contributed by atoms with van der Waals surface area (Å²) < 4.78 is 5.22. The zero-order valence-electron chi connectivity index (χ0n) is 12.9. The van der Waals surface area contributed by atoms with E-state index in [2.05, 4.69) is 15.8 Å². The van der Waals surface area contributed by atoms with Gasteiger partial charge in [0.25, 0.3) is 0 Å². The summed E-state index contributed by atoms with van der Waals surface area (Å²) in [5.74, 6) is 0.617. The van der Waals surface area contributed by atoms with Crippen LogP contribution in [-0.2, 0) is 11.2 Å². The van der Waals surface area contributed by atoms with E-state index in [0.29, 0.717) is 12.3 Å². The van der Waals surface area contributed by atoms with Crippen molar-refractivity contribution >= 4 is 34.5 Å². The number of hydrogen-bond donors (Lipinski definition) is 2. The lowest BCUT2D eigenvalue weighted by molar-refractivity contribution is -0.115. The van der Waals surface area contributed by atoms with Crippen molar-refractivity contribution in [3.63, 3.8) is 0 Å². The molecule has 5 nitrogen and oxygen atoms in total. The predicted octanol–water partition coefficient (Wildman–Crippen LogP) is 4.28. The van der Waals surface area contributed by atoms with Crippen LogP contribution in [0.3, 0.4) is 0 Å².